The molecule has 5 rings (SSSR count). The van der Waals surface area contributed by atoms with Crippen LogP contribution >= 0.6 is 34.7 Å². The van der Waals surface area contributed by atoms with E-state index in [4.69, 9.17) is 11.6 Å². The summed E-state index contributed by atoms with van der Waals surface area (Å²) in [5, 5.41) is 5.59. The van der Waals surface area contributed by atoms with Crippen LogP contribution in [0.3, 0.4) is 0 Å². The maximum absolute atomic E-state index is 13.1. The van der Waals surface area contributed by atoms with Crippen molar-refractivity contribution < 1.29 is 14.0 Å². The number of piperazine rings is 1. The summed E-state index contributed by atoms with van der Waals surface area (Å²) in [6, 6.07) is 20.9. The maximum atomic E-state index is 13.1. The highest BCUT2D eigenvalue weighted by molar-refractivity contribution is 8.01. The first-order chi connectivity index (χ1) is 18.4. The number of hydrogen-bond acceptors (Lipinski definition) is 6. The molecule has 2 amide bonds. The van der Waals surface area contributed by atoms with E-state index in [1.807, 2.05) is 53.9 Å². The molecule has 1 fully saturated rings. The van der Waals surface area contributed by atoms with E-state index >= 15 is 0 Å². The van der Waals surface area contributed by atoms with Gasteiger partial charge in [0.15, 0.2) is 4.34 Å². The van der Waals surface area contributed by atoms with Crippen LogP contribution in [-0.4, -0.2) is 53.6 Å². The Morgan fingerprint density at radius 1 is 0.947 bits per heavy atom. The average molecular weight is 567 g/mol. The Morgan fingerprint density at radius 3 is 2.32 bits per heavy atom. The number of rotatable bonds is 7. The molecule has 194 valence electrons. The molecule has 0 spiro atoms. The molecule has 0 radical (unpaired) electrons. The highest BCUT2D eigenvalue weighted by atomic mass is 35.5. The molecule has 1 N–H and O–H groups in total. The highest BCUT2D eigenvalue weighted by Gasteiger charge is 2.22. The van der Waals surface area contributed by atoms with Gasteiger partial charge in [-0.3, -0.25) is 9.59 Å². The Bertz CT molecular complexity index is 1400. The lowest BCUT2D eigenvalue weighted by atomic mass is 10.1. The van der Waals surface area contributed by atoms with E-state index < -0.39 is 0 Å². The van der Waals surface area contributed by atoms with Crippen molar-refractivity contribution in [1.82, 2.24) is 9.88 Å². The van der Waals surface area contributed by atoms with E-state index in [1.165, 1.54) is 47.4 Å². The fraction of sp³-hybridized carbons (Fsp3) is 0.179. The zero-order valence-corrected chi connectivity index (χ0v) is 22.7. The standard InChI is InChI=1S/C28H24ClFN4O2S2/c29-21-5-1-19(2-6-21)25-17-37-28(32-25)38-18-26(35)31-23-9-11-24(12-10-23)33-13-15-34(16-14-33)27(36)20-3-7-22(30)8-4-20/h1-12,17H,13-16,18H2,(H,31,35). The van der Waals surface area contributed by atoms with Crippen molar-refractivity contribution in [2.45, 2.75) is 4.34 Å². The van der Waals surface area contributed by atoms with Crippen LogP contribution in [0.5, 0.6) is 0 Å². The first-order valence-corrected chi connectivity index (χ1v) is 14.2. The zero-order valence-electron chi connectivity index (χ0n) is 20.3. The average Bonchev–Trinajstić information content (AvgIpc) is 3.42. The number of aromatic nitrogens is 1. The Balaban J connectivity index is 1.08. The Hall–Kier alpha value is -3.40. The van der Waals surface area contributed by atoms with Crippen molar-refractivity contribution in [2.75, 3.05) is 42.1 Å². The van der Waals surface area contributed by atoms with Crippen LogP contribution in [0.1, 0.15) is 10.4 Å². The molecule has 0 bridgehead atoms. The van der Waals surface area contributed by atoms with Crippen molar-refractivity contribution in [3.05, 3.63) is 94.6 Å². The third-order valence-electron chi connectivity index (χ3n) is 6.12. The summed E-state index contributed by atoms with van der Waals surface area (Å²) < 4.78 is 14.0. The number of halogens is 2. The second kappa shape index (κ2) is 12.0. The summed E-state index contributed by atoms with van der Waals surface area (Å²) in [4.78, 5) is 33.7. The van der Waals surface area contributed by atoms with Crippen LogP contribution < -0.4 is 10.2 Å². The fourth-order valence-electron chi connectivity index (χ4n) is 4.10. The first kappa shape index (κ1) is 26.2. The van der Waals surface area contributed by atoms with Gasteiger partial charge in [-0.2, -0.15) is 0 Å². The minimum Gasteiger partial charge on any atom is -0.368 e. The zero-order chi connectivity index (χ0) is 26.5. The van der Waals surface area contributed by atoms with Crippen molar-refractivity contribution >= 4 is 57.9 Å². The summed E-state index contributed by atoms with van der Waals surface area (Å²) in [5.74, 6) is -0.272. The molecule has 2 heterocycles. The lowest BCUT2D eigenvalue weighted by Gasteiger charge is -2.36. The van der Waals surface area contributed by atoms with Gasteiger partial charge < -0.3 is 15.1 Å². The first-order valence-electron chi connectivity index (χ1n) is 12.0. The number of carbonyl (C=O) groups excluding carboxylic acids is 2. The molecule has 4 aromatic rings. The van der Waals surface area contributed by atoms with E-state index in [-0.39, 0.29) is 23.4 Å². The van der Waals surface area contributed by atoms with Gasteiger partial charge in [0.1, 0.15) is 5.82 Å². The number of thioether (sulfide) groups is 1. The topological polar surface area (TPSA) is 65.5 Å². The Kier molecular flexibility index (Phi) is 8.26. The van der Waals surface area contributed by atoms with Crippen molar-refractivity contribution in [3.8, 4) is 11.3 Å². The van der Waals surface area contributed by atoms with Gasteiger partial charge in [-0.15, -0.1) is 11.3 Å². The summed E-state index contributed by atoms with van der Waals surface area (Å²) in [5.41, 5.74) is 4.11. The number of amides is 2. The molecular formula is C28H24ClFN4O2S2. The predicted octanol–water partition coefficient (Wildman–Crippen LogP) is 6.30. The van der Waals surface area contributed by atoms with Gasteiger partial charge in [-0.25, -0.2) is 9.37 Å². The molecular weight excluding hydrogens is 543 g/mol. The normalized spacial score (nSPS) is 13.4. The number of anilines is 2. The van der Waals surface area contributed by atoms with Crippen LogP contribution in [0.15, 0.2) is 82.5 Å². The molecule has 0 unspecified atom stereocenters. The molecule has 1 aliphatic rings. The predicted molar refractivity (Wildman–Crippen MR) is 153 cm³/mol. The molecule has 1 aliphatic heterocycles. The highest BCUT2D eigenvalue weighted by Crippen LogP contribution is 2.29. The fourth-order valence-corrected chi connectivity index (χ4v) is 5.86. The lowest BCUT2D eigenvalue weighted by Crippen LogP contribution is -2.48. The summed E-state index contributed by atoms with van der Waals surface area (Å²) >= 11 is 8.87. The van der Waals surface area contributed by atoms with Gasteiger partial charge in [-0.1, -0.05) is 35.5 Å². The minimum atomic E-state index is -0.354. The lowest BCUT2D eigenvalue weighted by molar-refractivity contribution is -0.113. The second-order valence-corrected chi connectivity index (χ2v) is 11.2. The van der Waals surface area contributed by atoms with Crippen LogP contribution in [0.2, 0.25) is 5.02 Å². The number of benzene rings is 3. The molecule has 10 heteroatoms. The molecule has 6 nitrogen and oxygen atoms in total. The molecule has 0 atom stereocenters. The molecule has 0 aliphatic carbocycles. The second-order valence-electron chi connectivity index (χ2n) is 8.68. The van der Waals surface area contributed by atoms with Crippen LogP contribution in [0.25, 0.3) is 11.3 Å². The van der Waals surface area contributed by atoms with Gasteiger partial charge in [0.25, 0.3) is 5.91 Å². The van der Waals surface area contributed by atoms with E-state index in [9.17, 15) is 14.0 Å². The number of thiazole rings is 1. The molecule has 1 saturated heterocycles. The SMILES string of the molecule is O=C(CSc1nc(-c2ccc(Cl)cc2)cs1)Nc1ccc(N2CCN(C(=O)c3ccc(F)cc3)CC2)cc1. The largest absolute Gasteiger partial charge is 0.368 e. The molecule has 38 heavy (non-hydrogen) atoms. The summed E-state index contributed by atoms with van der Waals surface area (Å²) in [6.07, 6.45) is 0. The van der Waals surface area contributed by atoms with Gasteiger partial charge in [0.05, 0.1) is 11.4 Å². The monoisotopic (exact) mass is 566 g/mol. The van der Waals surface area contributed by atoms with Crippen molar-refractivity contribution in [1.29, 1.82) is 0 Å². The van der Waals surface area contributed by atoms with Crippen LogP contribution in [0.4, 0.5) is 15.8 Å². The summed E-state index contributed by atoms with van der Waals surface area (Å²) in [7, 11) is 0. The summed E-state index contributed by atoms with van der Waals surface area (Å²) in [6.45, 7) is 2.56. The van der Waals surface area contributed by atoms with E-state index in [1.54, 1.807) is 4.90 Å². The smallest absolute Gasteiger partial charge is 0.253 e. The number of nitrogens with one attached hydrogen (secondary N) is 1. The van der Waals surface area contributed by atoms with Gasteiger partial charge in [0, 0.05) is 59.1 Å². The van der Waals surface area contributed by atoms with Gasteiger partial charge in [0.2, 0.25) is 5.91 Å². The van der Waals surface area contributed by atoms with Crippen molar-refractivity contribution in [3.63, 3.8) is 0 Å². The minimum absolute atomic E-state index is 0.0838. The third-order valence-corrected chi connectivity index (χ3v) is 8.40. The van der Waals surface area contributed by atoms with Crippen LogP contribution in [0, 0.1) is 5.82 Å². The number of hydrogen-bond donors (Lipinski definition) is 1. The third kappa shape index (κ3) is 6.53. The number of carbonyl (C=O) groups is 2. The Labute approximate surface area is 233 Å². The molecule has 0 saturated carbocycles. The number of nitrogens with zero attached hydrogens (tertiary/aromatic N) is 3. The van der Waals surface area contributed by atoms with Crippen molar-refractivity contribution in [2.24, 2.45) is 0 Å². The van der Waals surface area contributed by atoms with Crippen LogP contribution in [-0.2, 0) is 4.79 Å². The Morgan fingerprint density at radius 2 is 1.63 bits per heavy atom. The van der Waals surface area contributed by atoms with E-state index in [2.05, 4.69) is 15.2 Å². The van der Waals surface area contributed by atoms with Gasteiger partial charge >= 0.3 is 0 Å². The molecule has 3 aromatic carbocycles. The molecule has 1 aromatic heterocycles. The van der Waals surface area contributed by atoms with E-state index in [0.717, 1.165) is 27.0 Å². The van der Waals surface area contributed by atoms with Gasteiger partial charge in [-0.05, 0) is 60.7 Å². The quantitative estimate of drug-likeness (QED) is 0.266. The van der Waals surface area contributed by atoms with E-state index in [0.29, 0.717) is 36.8 Å². The maximum Gasteiger partial charge on any atom is 0.253 e.